The van der Waals surface area contributed by atoms with Gasteiger partial charge in [-0.1, -0.05) is 427 Å². The summed E-state index contributed by atoms with van der Waals surface area (Å²) in [6.07, 6.45) is 72.5. The van der Waals surface area contributed by atoms with Gasteiger partial charge in [0.15, 0.2) is 12.2 Å². The lowest BCUT2D eigenvalue weighted by Gasteiger charge is -2.21. The molecule has 0 aliphatic heterocycles. The van der Waals surface area contributed by atoms with Crippen LogP contribution >= 0.6 is 15.6 Å². The normalized spacial score (nSPS) is 14.1. The summed E-state index contributed by atoms with van der Waals surface area (Å²) in [5, 5.41) is 10.7. The predicted molar refractivity (Wildman–Crippen MR) is 451 cm³/mol. The van der Waals surface area contributed by atoms with Crippen molar-refractivity contribution in [3.8, 4) is 0 Å². The Balaban J connectivity index is 5.20. The van der Waals surface area contributed by atoms with Gasteiger partial charge in [-0.2, -0.15) is 0 Å². The van der Waals surface area contributed by atoms with Gasteiger partial charge in [0, 0.05) is 25.7 Å². The highest BCUT2D eigenvalue weighted by Crippen LogP contribution is 2.45. The molecule has 109 heavy (non-hydrogen) atoms. The van der Waals surface area contributed by atoms with Crippen LogP contribution in [-0.4, -0.2) is 96.7 Å². The van der Waals surface area contributed by atoms with E-state index >= 15 is 0 Å². The number of carbonyl (C=O) groups excluding carboxylic acids is 4. The molecule has 3 N–H and O–H groups in total. The fraction of sp³-hybridized carbons (Fsp3) is 0.956. The Morgan fingerprint density at radius 3 is 0.697 bits per heavy atom. The summed E-state index contributed by atoms with van der Waals surface area (Å²) >= 11 is 0. The summed E-state index contributed by atoms with van der Waals surface area (Å²) in [4.78, 5) is 73.3. The third-order valence-electron chi connectivity index (χ3n) is 21.5. The Bertz CT molecular complexity index is 2100. The molecule has 0 aromatic heterocycles. The summed E-state index contributed by atoms with van der Waals surface area (Å²) in [6, 6.07) is 0. The molecule has 0 aromatic rings. The lowest BCUT2D eigenvalue weighted by Crippen LogP contribution is -2.30. The van der Waals surface area contributed by atoms with Crippen molar-refractivity contribution < 1.29 is 80.2 Å². The SMILES string of the molecule is CCCCCCCCCCCCCCCCCCCCCCC(=O)OC[C@H](COP(=O)(O)OC[C@@H](O)COP(=O)(O)OC[C@@H](COC(=O)CCCCCCCCC(C)C)OC(=O)CCCCCCCCCCCCCCCCCC(C)C)OC(=O)CCCCCCCCCCCCCCCCCCCCC(C)CC. The number of rotatable bonds is 88. The van der Waals surface area contributed by atoms with Crippen molar-refractivity contribution in [1.29, 1.82) is 0 Å². The first-order valence-corrected chi connectivity index (χ1v) is 49.4. The average molecular weight is 1590 g/mol. The third kappa shape index (κ3) is 82.4. The minimum absolute atomic E-state index is 0.107. The molecule has 0 saturated heterocycles. The molecule has 648 valence electrons. The molecular weight excluding hydrogens is 1410 g/mol. The third-order valence-corrected chi connectivity index (χ3v) is 23.4. The van der Waals surface area contributed by atoms with Crippen LogP contribution in [0.15, 0.2) is 0 Å². The van der Waals surface area contributed by atoms with E-state index in [4.69, 9.17) is 37.0 Å². The van der Waals surface area contributed by atoms with E-state index in [1.165, 1.54) is 283 Å². The minimum atomic E-state index is -4.97. The van der Waals surface area contributed by atoms with Crippen LogP contribution in [0.2, 0.25) is 0 Å². The van der Waals surface area contributed by atoms with Crippen LogP contribution in [0, 0.1) is 17.8 Å². The molecule has 0 aromatic carbocycles. The van der Waals surface area contributed by atoms with Crippen LogP contribution in [0.3, 0.4) is 0 Å². The highest BCUT2D eigenvalue weighted by Gasteiger charge is 2.31. The second kappa shape index (κ2) is 79.9. The monoisotopic (exact) mass is 1590 g/mol. The predicted octanol–water partition coefficient (Wildman–Crippen LogP) is 27.6. The molecule has 17 nitrogen and oxygen atoms in total. The minimum Gasteiger partial charge on any atom is -0.462 e. The van der Waals surface area contributed by atoms with Crippen molar-refractivity contribution in [1.82, 2.24) is 0 Å². The van der Waals surface area contributed by atoms with Gasteiger partial charge in [0.05, 0.1) is 26.4 Å². The van der Waals surface area contributed by atoms with Gasteiger partial charge in [-0.15, -0.1) is 0 Å². The maximum atomic E-state index is 13.2. The van der Waals surface area contributed by atoms with Crippen LogP contribution in [0.1, 0.15) is 479 Å². The molecule has 0 amide bonds. The Hall–Kier alpha value is -1.94. The molecule has 0 heterocycles. The molecule has 0 bridgehead atoms. The van der Waals surface area contributed by atoms with Gasteiger partial charge in [0.2, 0.25) is 0 Å². The molecule has 3 unspecified atom stereocenters. The number of aliphatic hydroxyl groups is 1. The summed E-state index contributed by atoms with van der Waals surface area (Å²) in [7, 11) is -9.93. The van der Waals surface area contributed by atoms with Crippen molar-refractivity contribution in [2.45, 2.75) is 497 Å². The van der Waals surface area contributed by atoms with Gasteiger partial charge in [-0.25, -0.2) is 9.13 Å². The van der Waals surface area contributed by atoms with E-state index in [1.54, 1.807) is 0 Å². The Labute approximate surface area is 670 Å². The van der Waals surface area contributed by atoms with Gasteiger partial charge in [0.1, 0.15) is 19.3 Å². The quantitative estimate of drug-likeness (QED) is 0.0222. The zero-order valence-electron chi connectivity index (χ0n) is 72.0. The number of esters is 4. The number of phosphoric acid groups is 2. The Morgan fingerprint density at radius 2 is 0.468 bits per heavy atom. The Kier molecular flexibility index (Phi) is 78.5. The standard InChI is InChI=1S/C90H176O17P2/c1-8-10-11-12-13-14-15-16-17-18-19-20-24-29-34-39-44-49-57-64-71-87(92)100-77-85(106-89(94)73-66-59-50-45-40-35-30-25-22-21-23-28-33-38-43-48-56-63-70-83(7)9-2)79-104-108(96,97)102-75-84(91)76-103-109(98,99)105-80-86(78-101-88(93)72-65-58-53-52-55-62-69-82(5)6)107-90(95)74-67-60-51-46-41-36-31-26-27-32-37-42-47-54-61-68-81(3)4/h81-86,91H,8-80H2,1-7H3,(H,96,97)(H,98,99)/t83?,84-,85-,86-/m1/s1. The van der Waals surface area contributed by atoms with Crippen LogP contribution in [0.4, 0.5) is 0 Å². The van der Waals surface area contributed by atoms with Crippen LogP contribution < -0.4 is 0 Å². The molecule has 6 atom stereocenters. The first kappa shape index (κ1) is 107. The van der Waals surface area contributed by atoms with E-state index in [0.717, 1.165) is 108 Å². The molecule has 19 heteroatoms. The number of phosphoric ester groups is 2. The molecule has 0 saturated carbocycles. The van der Waals surface area contributed by atoms with Gasteiger partial charge < -0.3 is 33.8 Å². The van der Waals surface area contributed by atoms with Crippen LogP contribution in [0.25, 0.3) is 0 Å². The molecule has 0 spiro atoms. The van der Waals surface area contributed by atoms with Crippen LogP contribution in [0.5, 0.6) is 0 Å². The highest BCUT2D eigenvalue weighted by molar-refractivity contribution is 7.47. The average Bonchev–Trinajstić information content (AvgIpc) is 0.898. The van der Waals surface area contributed by atoms with Gasteiger partial charge >= 0.3 is 39.5 Å². The molecule has 0 radical (unpaired) electrons. The number of aliphatic hydroxyl groups excluding tert-OH is 1. The fourth-order valence-corrected chi connectivity index (χ4v) is 15.6. The van der Waals surface area contributed by atoms with Gasteiger partial charge in [0.25, 0.3) is 0 Å². The van der Waals surface area contributed by atoms with E-state index in [-0.39, 0.29) is 25.7 Å². The maximum absolute atomic E-state index is 13.2. The van der Waals surface area contributed by atoms with Crippen molar-refractivity contribution in [2.75, 3.05) is 39.6 Å². The zero-order chi connectivity index (χ0) is 80.0. The van der Waals surface area contributed by atoms with Crippen LogP contribution in [-0.2, 0) is 65.4 Å². The largest absolute Gasteiger partial charge is 0.472 e. The summed E-state index contributed by atoms with van der Waals surface area (Å²) in [6.45, 7) is 12.0. The number of carbonyl (C=O) groups is 4. The van der Waals surface area contributed by atoms with Crippen molar-refractivity contribution >= 4 is 39.5 Å². The smallest absolute Gasteiger partial charge is 0.462 e. The fourth-order valence-electron chi connectivity index (χ4n) is 14.0. The summed E-state index contributed by atoms with van der Waals surface area (Å²) < 4.78 is 69.0. The van der Waals surface area contributed by atoms with Gasteiger partial charge in [-0.05, 0) is 43.4 Å². The summed E-state index contributed by atoms with van der Waals surface area (Å²) in [5.74, 6) is 0.250. The van der Waals surface area contributed by atoms with E-state index in [2.05, 4.69) is 48.5 Å². The second-order valence-corrected chi connectivity index (χ2v) is 36.4. The molecule has 0 aliphatic carbocycles. The lowest BCUT2D eigenvalue weighted by atomic mass is 9.99. The van der Waals surface area contributed by atoms with Crippen molar-refractivity contribution in [2.24, 2.45) is 17.8 Å². The maximum Gasteiger partial charge on any atom is 0.472 e. The van der Waals surface area contributed by atoms with Gasteiger partial charge in [-0.3, -0.25) is 37.3 Å². The first-order chi connectivity index (χ1) is 52.8. The number of unbranched alkanes of at least 4 members (excludes halogenated alkanes) is 55. The van der Waals surface area contributed by atoms with E-state index < -0.39 is 97.5 Å². The van der Waals surface area contributed by atoms with E-state index in [0.29, 0.717) is 31.6 Å². The van der Waals surface area contributed by atoms with Crippen molar-refractivity contribution in [3.05, 3.63) is 0 Å². The van der Waals surface area contributed by atoms with E-state index in [1.807, 2.05) is 0 Å². The molecule has 0 fully saturated rings. The number of hydrogen-bond acceptors (Lipinski definition) is 15. The molecule has 0 rings (SSSR count). The first-order valence-electron chi connectivity index (χ1n) is 46.4. The second-order valence-electron chi connectivity index (χ2n) is 33.5. The lowest BCUT2D eigenvalue weighted by molar-refractivity contribution is -0.161. The van der Waals surface area contributed by atoms with Crippen molar-refractivity contribution in [3.63, 3.8) is 0 Å². The molecule has 0 aliphatic rings. The summed E-state index contributed by atoms with van der Waals surface area (Å²) in [5.41, 5.74) is 0. The zero-order valence-corrected chi connectivity index (χ0v) is 73.8. The number of ether oxygens (including phenoxy) is 4. The molecular formula is C90H176O17P2. The topological polar surface area (TPSA) is 237 Å². The Morgan fingerprint density at radius 1 is 0.266 bits per heavy atom. The van der Waals surface area contributed by atoms with E-state index in [9.17, 15) is 43.2 Å². The number of hydrogen-bond donors (Lipinski definition) is 3. The highest BCUT2D eigenvalue weighted by atomic mass is 31.2.